The van der Waals surface area contributed by atoms with Gasteiger partial charge in [-0.2, -0.15) is 4.31 Å². The molecule has 1 N–H and O–H groups in total. The molecule has 0 amide bonds. The van der Waals surface area contributed by atoms with Gasteiger partial charge in [0.2, 0.25) is 10.0 Å². The van der Waals surface area contributed by atoms with Crippen LogP contribution in [-0.2, 0) is 20.0 Å². The molecule has 0 aliphatic carbocycles. The third kappa shape index (κ3) is 5.12. The number of thiophene rings is 1. The summed E-state index contributed by atoms with van der Waals surface area (Å²) in [7, 11) is -5.86. The molecular weight excluding hydrogens is 456 g/mol. The molecule has 1 saturated heterocycles. The van der Waals surface area contributed by atoms with Crippen LogP contribution in [0.2, 0.25) is 5.02 Å². The molecule has 1 atom stereocenters. The number of sulfonamides is 2. The average molecular weight is 479 g/mol. The SMILES string of the molecule is COc1ccc(S(=O)(=O)NCCC2CCCCN2S(=O)(=O)c2cccs2)cc1Cl. The molecule has 1 unspecified atom stereocenters. The quantitative estimate of drug-likeness (QED) is 0.628. The molecule has 0 saturated carbocycles. The summed E-state index contributed by atoms with van der Waals surface area (Å²) in [6.07, 6.45) is 2.83. The Labute approximate surface area is 180 Å². The Kier molecular flexibility index (Phi) is 7.23. The first-order valence-electron chi connectivity index (χ1n) is 9.14. The monoisotopic (exact) mass is 478 g/mol. The van der Waals surface area contributed by atoms with Crippen molar-refractivity contribution in [1.29, 1.82) is 0 Å². The maximum absolute atomic E-state index is 12.9. The fraction of sp³-hybridized carbons (Fsp3) is 0.444. The first-order valence-corrected chi connectivity index (χ1v) is 13.3. The van der Waals surface area contributed by atoms with E-state index in [2.05, 4.69) is 4.72 Å². The normalized spacial score (nSPS) is 18.6. The van der Waals surface area contributed by atoms with Crippen LogP contribution in [0.25, 0.3) is 0 Å². The molecule has 2 aromatic rings. The summed E-state index contributed by atoms with van der Waals surface area (Å²) in [5.74, 6) is 0.391. The molecule has 11 heteroatoms. The Morgan fingerprint density at radius 3 is 2.69 bits per heavy atom. The fourth-order valence-electron chi connectivity index (χ4n) is 3.36. The summed E-state index contributed by atoms with van der Waals surface area (Å²) in [6, 6.07) is 7.32. The minimum atomic E-state index is -3.76. The molecule has 0 spiro atoms. The zero-order valence-electron chi connectivity index (χ0n) is 15.9. The number of hydrogen-bond donors (Lipinski definition) is 1. The Balaban J connectivity index is 1.67. The lowest BCUT2D eigenvalue weighted by molar-refractivity contribution is 0.242. The van der Waals surface area contributed by atoms with Gasteiger partial charge in [-0.1, -0.05) is 24.1 Å². The van der Waals surface area contributed by atoms with Gasteiger partial charge < -0.3 is 4.74 Å². The number of rotatable bonds is 8. The predicted octanol–water partition coefficient (Wildman–Crippen LogP) is 3.32. The largest absolute Gasteiger partial charge is 0.495 e. The molecular formula is C18H23ClN2O5S3. The number of halogens is 1. The average Bonchev–Trinajstić information content (AvgIpc) is 3.24. The number of nitrogens with one attached hydrogen (secondary N) is 1. The molecule has 3 rings (SSSR count). The minimum Gasteiger partial charge on any atom is -0.495 e. The molecule has 2 heterocycles. The maximum atomic E-state index is 12.9. The third-order valence-corrected chi connectivity index (χ3v) is 9.91. The fourth-order valence-corrected chi connectivity index (χ4v) is 7.60. The first-order chi connectivity index (χ1) is 13.8. The highest BCUT2D eigenvalue weighted by Crippen LogP contribution is 2.30. The van der Waals surface area contributed by atoms with Crippen molar-refractivity contribution in [1.82, 2.24) is 9.03 Å². The van der Waals surface area contributed by atoms with Crippen molar-refractivity contribution in [3.63, 3.8) is 0 Å². The molecule has 1 aromatic heterocycles. The summed E-state index contributed by atoms with van der Waals surface area (Å²) < 4.78 is 60.3. The van der Waals surface area contributed by atoms with E-state index in [0.29, 0.717) is 29.3 Å². The van der Waals surface area contributed by atoms with Gasteiger partial charge >= 0.3 is 0 Å². The van der Waals surface area contributed by atoms with Gasteiger partial charge in [-0.25, -0.2) is 21.6 Å². The number of hydrogen-bond acceptors (Lipinski definition) is 6. The van der Waals surface area contributed by atoms with Crippen LogP contribution in [-0.4, -0.2) is 47.4 Å². The van der Waals surface area contributed by atoms with Crippen LogP contribution in [0.5, 0.6) is 5.75 Å². The van der Waals surface area contributed by atoms with Crippen LogP contribution in [0.4, 0.5) is 0 Å². The second kappa shape index (κ2) is 9.32. The number of methoxy groups -OCH3 is 1. The van der Waals surface area contributed by atoms with E-state index in [0.717, 1.165) is 12.8 Å². The van der Waals surface area contributed by atoms with Crippen LogP contribution in [0.1, 0.15) is 25.7 Å². The van der Waals surface area contributed by atoms with Crippen molar-refractivity contribution in [3.8, 4) is 5.75 Å². The lowest BCUT2D eigenvalue weighted by Gasteiger charge is -2.34. The Bertz CT molecular complexity index is 1040. The molecule has 1 fully saturated rings. The van der Waals surface area contributed by atoms with Crippen LogP contribution in [0.15, 0.2) is 44.8 Å². The van der Waals surface area contributed by atoms with Crippen LogP contribution >= 0.6 is 22.9 Å². The molecule has 29 heavy (non-hydrogen) atoms. The van der Waals surface area contributed by atoms with Crippen molar-refractivity contribution in [2.75, 3.05) is 20.2 Å². The van der Waals surface area contributed by atoms with Crippen molar-refractivity contribution >= 4 is 43.0 Å². The zero-order chi connectivity index (χ0) is 21.1. The number of nitrogens with zero attached hydrogens (tertiary/aromatic N) is 1. The lowest BCUT2D eigenvalue weighted by Crippen LogP contribution is -2.44. The predicted molar refractivity (Wildman–Crippen MR) is 114 cm³/mol. The summed E-state index contributed by atoms with van der Waals surface area (Å²) in [6.45, 7) is 0.582. The van der Waals surface area contributed by atoms with E-state index in [1.54, 1.807) is 17.5 Å². The second-order valence-corrected chi connectivity index (χ2v) is 11.9. The second-order valence-electron chi connectivity index (χ2n) is 6.68. The van der Waals surface area contributed by atoms with E-state index < -0.39 is 20.0 Å². The van der Waals surface area contributed by atoms with Gasteiger partial charge in [-0.15, -0.1) is 11.3 Å². The molecule has 0 bridgehead atoms. The Morgan fingerprint density at radius 2 is 2.03 bits per heavy atom. The molecule has 0 radical (unpaired) electrons. The number of ether oxygens (including phenoxy) is 1. The Hall–Kier alpha value is -1.17. The van der Waals surface area contributed by atoms with Gasteiger partial charge in [0.05, 0.1) is 17.0 Å². The van der Waals surface area contributed by atoms with Crippen LogP contribution in [0, 0.1) is 0 Å². The summed E-state index contributed by atoms with van der Waals surface area (Å²) in [5, 5.41) is 1.94. The van der Waals surface area contributed by atoms with E-state index >= 15 is 0 Å². The summed E-state index contributed by atoms with van der Waals surface area (Å²) in [4.78, 5) is 0.0370. The van der Waals surface area contributed by atoms with Crippen LogP contribution < -0.4 is 9.46 Å². The summed E-state index contributed by atoms with van der Waals surface area (Å²) >= 11 is 7.21. The van der Waals surface area contributed by atoms with Gasteiger partial charge in [0.15, 0.2) is 0 Å². The number of benzene rings is 1. The smallest absolute Gasteiger partial charge is 0.252 e. The van der Waals surface area contributed by atoms with Gasteiger partial charge in [0, 0.05) is 19.1 Å². The highest BCUT2D eigenvalue weighted by Gasteiger charge is 2.34. The highest BCUT2D eigenvalue weighted by atomic mass is 35.5. The molecule has 160 valence electrons. The molecule has 1 aliphatic rings. The van der Waals surface area contributed by atoms with Gasteiger partial charge in [-0.3, -0.25) is 0 Å². The first kappa shape index (κ1) is 22.5. The van der Waals surface area contributed by atoms with Crippen molar-refractivity contribution in [2.45, 2.75) is 40.8 Å². The van der Waals surface area contributed by atoms with E-state index in [1.165, 1.54) is 41.0 Å². The topological polar surface area (TPSA) is 92.8 Å². The maximum Gasteiger partial charge on any atom is 0.252 e. The van der Waals surface area contributed by atoms with Gasteiger partial charge in [0.1, 0.15) is 9.96 Å². The van der Waals surface area contributed by atoms with Crippen molar-refractivity contribution in [3.05, 3.63) is 40.7 Å². The van der Waals surface area contributed by atoms with E-state index in [1.807, 2.05) is 0 Å². The Morgan fingerprint density at radius 1 is 1.24 bits per heavy atom. The van der Waals surface area contributed by atoms with E-state index in [4.69, 9.17) is 16.3 Å². The zero-order valence-corrected chi connectivity index (χ0v) is 19.1. The standard InChI is InChI=1S/C18H23ClN2O5S3/c1-26-17-8-7-15(13-16(17)19)28(22,23)20-10-9-14-5-2-3-11-21(14)29(24,25)18-6-4-12-27-18/h4,6-8,12-14,20H,2-3,5,9-11H2,1H3. The lowest BCUT2D eigenvalue weighted by atomic mass is 10.0. The van der Waals surface area contributed by atoms with Crippen LogP contribution in [0.3, 0.4) is 0 Å². The van der Waals surface area contributed by atoms with E-state index in [9.17, 15) is 16.8 Å². The van der Waals surface area contributed by atoms with Gasteiger partial charge in [-0.05, 0) is 48.9 Å². The highest BCUT2D eigenvalue weighted by molar-refractivity contribution is 7.91. The summed E-state index contributed by atoms with van der Waals surface area (Å²) in [5.41, 5.74) is 0. The third-order valence-electron chi connectivity index (χ3n) is 4.83. The molecule has 1 aliphatic heterocycles. The van der Waals surface area contributed by atoms with Gasteiger partial charge in [0.25, 0.3) is 10.0 Å². The van der Waals surface area contributed by atoms with Crippen molar-refractivity contribution < 1.29 is 21.6 Å². The molecule has 7 nitrogen and oxygen atoms in total. The van der Waals surface area contributed by atoms with Crippen molar-refractivity contribution in [2.24, 2.45) is 0 Å². The van der Waals surface area contributed by atoms with E-state index in [-0.39, 0.29) is 22.5 Å². The minimum absolute atomic E-state index is 0.0370. The molecule has 1 aromatic carbocycles. The number of piperidine rings is 1.